The molecule has 4 rings (SSSR count). The van der Waals surface area contributed by atoms with E-state index in [-0.39, 0.29) is 5.69 Å². The average molecular weight is 460 g/mol. The smallest absolute Gasteiger partial charge is 0.341 e. The van der Waals surface area contributed by atoms with E-state index >= 15 is 0 Å². The SMILES string of the molecule is C=C.CC.CC(O)(C(=O)O)c1[nH]nc2ccccc12.Oc1ccc(SN2CCCC2)cc1. The first-order valence-corrected chi connectivity index (χ1v) is 11.3. The first kappa shape index (κ1) is 27.2. The highest BCUT2D eigenvalue weighted by atomic mass is 32.2. The van der Waals surface area contributed by atoms with Crippen LogP contribution in [0.4, 0.5) is 0 Å². The highest BCUT2D eigenvalue weighted by Gasteiger charge is 2.35. The van der Waals surface area contributed by atoms with Gasteiger partial charge in [0.05, 0.1) is 11.2 Å². The van der Waals surface area contributed by atoms with Crippen molar-refractivity contribution < 1.29 is 20.1 Å². The van der Waals surface area contributed by atoms with Crippen molar-refractivity contribution in [3.8, 4) is 5.75 Å². The predicted molar refractivity (Wildman–Crippen MR) is 131 cm³/mol. The predicted octanol–water partition coefficient (Wildman–Crippen LogP) is 5.18. The number of aliphatic hydroxyl groups is 1. The van der Waals surface area contributed by atoms with Gasteiger partial charge in [0.2, 0.25) is 5.60 Å². The summed E-state index contributed by atoms with van der Waals surface area (Å²) < 4.78 is 2.37. The van der Waals surface area contributed by atoms with Crippen LogP contribution >= 0.6 is 11.9 Å². The summed E-state index contributed by atoms with van der Waals surface area (Å²) in [6, 6.07) is 14.4. The molecule has 0 radical (unpaired) electrons. The van der Waals surface area contributed by atoms with Crippen LogP contribution in [0.2, 0.25) is 0 Å². The van der Waals surface area contributed by atoms with Gasteiger partial charge in [0.25, 0.3) is 0 Å². The van der Waals surface area contributed by atoms with Crippen LogP contribution in [0.25, 0.3) is 10.9 Å². The molecule has 4 N–H and O–H groups in total. The Morgan fingerprint density at radius 3 is 2.22 bits per heavy atom. The van der Waals surface area contributed by atoms with Crippen LogP contribution in [0.1, 0.15) is 39.3 Å². The van der Waals surface area contributed by atoms with Gasteiger partial charge in [-0.15, -0.1) is 13.2 Å². The number of carbonyl (C=O) groups is 1. The summed E-state index contributed by atoms with van der Waals surface area (Å²) in [5.74, 6) is -0.970. The maximum Gasteiger partial charge on any atom is 0.341 e. The molecule has 8 heteroatoms. The Morgan fingerprint density at radius 2 is 1.66 bits per heavy atom. The molecular formula is C24H33N3O4S. The molecule has 7 nitrogen and oxygen atoms in total. The quantitative estimate of drug-likeness (QED) is 0.314. The molecule has 0 spiro atoms. The van der Waals surface area contributed by atoms with Crippen molar-refractivity contribution in [2.24, 2.45) is 0 Å². The van der Waals surface area contributed by atoms with Gasteiger partial charge < -0.3 is 15.3 Å². The Labute approximate surface area is 193 Å². The van der Waals surface area contributed by atoms with Crippen LogP contribution in [-0.2, 0) is 10.4 Å². The Kier molecular flexibility index (Phi) is 11.5. The van der Waals surface area contributed by atoms with Gasteiger partial charge in [0.1, 0.15) is 5.75 Å². The van der Waals surface area contributed by atoms with Crippen LogP contribution < -0.4 is 0 Å². The van der Waals surface area contributed by atoms with Gasteiger partial charge in [0.15, 0.2) is 0 Å². The van der Waals surface area contributed by atoms with E-state index in [9.17, 15) is 9.90 Å². The number of aromatic amines is 1. The van der Waals surface area contributed by atoms with Crippen molar-refractivity contribution in [1.82, 2.24) is 14.5 Å². The van der Waals surface area contributed by atoms with Crippen molar-refractivity contribution in [1.29, 1.82) is 0 Å². The summed E-state index contributed by atoms with van der Waals surface area (Å²) in [5.41, 5.74) is -1.12. The summed E-state index contributed by atoms with van der Waals surface area (Å²) in [6.07, 6.45) is 2.62. The number of hydrogen-bond donors (Lipinski definition) is 4. The number of hydrogen-bond acceptors (Lipinski definition) is 6. The molecule has 0 amide bonds. The number of nitrogens with zero attached hydrogens (tertiary/aromatic N) is 2. The van der Waals surface area contributed by atoms with E-state index in [1.54, 1.807) is 48.3 Å². The second-order valence-electron chi connectivity index (χ2n) is 6.71. The molecule has 1 saturated heterocycles. The molecule has 32 heavy (non-hydrogen) atoms. The summed E-state index contributed by atoms with van der Waals surface area (Å²) >= 11 is 1.78. The minimum absolute atomic E-state index is 0.200. The number of aromatic hydroxyl groups is 1. The Morgan fingerprint density at radius 1 is 1.09 bits per heavy atom. The van der Waals surface area contributed by atoms with E-state index in [0.29, 0.717) is 16.7 Å². The normalized spacial score (nSPS) is 14.6. The van der Waals surface area contributed by atoms with Crippen molar-refractivity contribution >= 4 is 28.8 Å². The lowest BCUT2D eigenvalue weighted by Crippen LogP contribution is -2.32. The van der Waals surface area contributed by atoms with E-state index in [1.165, 1.54) is 37.8 Å². The van der Waals surface area contributed by atoms with Crippen molar-refractivity contribution in [2.75, 3.05) is 13.1 Å². The molecule has 3 aromatic rings. The fourth-order valence-electron chi connectivity index (χ4n) is 2.87. The minimum Gasteiger partial charge on any atom is -0.508 e. The fraction of sp³-hybridized carbons (Fsp3) is 0.333. The van der Waals surface area contributed by atoms with Gasteiger partial charge in [-0.3, -0.25) is 5.10 Å². The lowest BCUT2D eigenvalue weighted by atomic mass is 9.99. The van der Waals surface area contributed by atoms with Gasteiger partial charge in [0, 0.05) is 23.4 Å². The third-order valence-electron chi connectivity index (χ3n) is 4.50. The monoisotopic (exact) mass is 459 g/mol. The van der Waals surface area contributed by atoms with Gasteiger partial charge in [-0.25, -0.2) is 9.10 Å². The third kappa shape index (κ3) is 7.40. The van der Waals surface area contributed by atoms with Crippen LogP contribution in [0.3, 0.4) is 0 Å². The van der Waals surface area contributed by atoms with Crippen molar-refractivity contribution in [3.05, 3.63) is 67.4 Å². The number of fused-ring (bicyclic) bond motifs is 1. The van der Waals surface area contributed by atoms with Gasteiger partial charge in [-0.1, -0.05) is 32.0 Å². The molecule has 174 valence electrons. The van der Waals surface area contributed by atoms with Gasteiger partial charge >= 0.3 is 5.97 Å². The van der Waals surface area contributed by atoms with E-state index in [1.807, 2.05) is 26.0 Å². The largest absolute Gasteiger partial charge is 0.508 e. The number of benzene rings is 2. The van der Waals surface area contributed by atoms with E-state index in [2.05, 4.69) is 27.7 Å². The van der Waals surface area contributed by atoms with Crippen LogP contribution in [-0.4, -0.2) is 48.9 Å². The molecule has 0 saturated carbocycles. The molecule has 1 aromatic heterocycles. The van der Waals surface area contributed by atoms with Crippen LogP contribution in [0, 0.1) is 0 Å². The minimum atomic E-state index is -1.95. The molecule has 1 aliphatic heterocycles. The zero-order valence-corrected chi connectivity index (χ0v) is 19.7. The molecule has 0 aliphatic carbocycles. The van der Waals surface area contributed by atoms with Crippen molar-refractivity contribution in [3.63, 3.8) is 0 Å². The number of aliphatic carboxylic acids is 1. The molecule has 2 aromatic carbocycles. The Bertz CT molecular complexity index is 951. The van der Waals surface area contributed by atoms with Crippen molar-refractivity contribution in [2.45, 2.75) is 44.1 Å². The molecular weight excluding hydrogens is 426 g/mol. The van der Waals surface area contributed by atoms with E-state index < -0.39 is 11.6 Å². The van der Waals surface area contributed by atoms with E-state index in [0.717, 1.165) is 0 Å². The molecule has 2 heterocycles. The molecule has 1 atom stereocenters. The number of para-hydroxylation sites is 1. The maximum atomic E-state index is 10.9. The molecule has 1 aliphatic rings. The summed E-state index contributed by atoms with van der Waals surface area (Å²) in [5, 5.41) is 34.8. The van der Waals surface area contributed by atoms with Crippen LogP contribution in [0.15, 0.2) is 66.6 Å². The van der Waals surface area contributed by atoms with Crippen LogP contribution in [0.5, 0.6) is 5.75 Å². The average Bonchev–Trinajstić information content (AvgIpc) is 3.48. The highest BCUT2D eigenvalue weighted by Crippen LogP contribution is 2.28. The Hall–Kier alpha value is -2.81. The first-order chi connectivity index (χ1) is 15.4. The number of carboxylic acid groups (broad SMARTS) is 1. The molecule has 1 unspecified atom stereocenters. The van der Waals surface area contributed by atoms with Gasteiger partial charge in [-0.2, -0.15) is 5.10 Å². The van der Waals surface area contributed by atoms with Gasteiger partial charge in [-0.05, 0) is 62.0 Å². The summed E-state index contributed by atoms with van der Waals surface area (Å²) in [4.78, 5) is 12.1. The summed E-state index contributed by atoms with van der Waals surface area (Å²) in [6.45, 7) is 13.6. The first-order valence-electron chi connectivity index (χ1n) is 10.5. The maximum absolute atomic E-state index is 10.9. The topological polar surface area (TPSA) is 110 Å². The fourth-order valence-corrected chi connectivity index (χ4v) is 3.87. The number of aromatic nitrogens is 2. The third-order valence-corrected chi connectivity index (χ3v) is 5.61. The lowest BCUT2D eigenvalue weighted by molar-refractivity contribution is -0.157. The number of nitrogens with one attached hydrogen (secondary N) is 1. The highest BCUT2D eigenvalue weighted by molar-refractivity contribution is 7.97. The number of carboxylic acids is 1. The number of H-pyrrole nitrogens is 1. The summed E-state index contributed by atoms with van der Waals surface area (Å²) in [7, 11) is 0. The lowest BCUT2D eigenvalue weighted by Gasteiger charge is -2.15. The zero-order valence-electron chi connectivity index (χ0n) is 18.9. The standard InChI is InChI=1S/C10H10N2O3.C10H13NOS.C2H6.C2H4/c1-10(15,9(13)14)8-6-4-2-3-5-7(6)11-12-8;12-9-3-5-10(6-4-9)13-11-7-1-2-8-11;2*1-2/h2-5,15H,1H3,(H,11,12)(H,13,14);3-6,12H,1-2,7-8H2;1-2H3;1-2H2. The number of phenols is 1. The Balaban J connectivity index is 0.000000279. The molecule has 1 fully saturated rings. The second-order valence-corrected chi connectivity index (χ2v) is 7.88. The van der Waals surface area contributed by atoms with E-state index in [4.69, 9.17) is 10.2 Å². The second kappa shape index (κ2) is 13.6. The number of rotatable bonds is 4. The number of phenolic OH excluding ortho intramolecular Hbond substituents is 1. The molecule has 0 bridgehead atoms. The zero-order chi connectivity index (χ0) is 24.1.